The molecule has 0 aromatic rings. The van der Waals surface area contributed by atoms with E-state index in [9.17, 15) is 9.59 Å². The van der Waals surface area contributed by atoms with Crippen LogP contribution in [-0.2, 0) is 14.3 Å². The number of hydrogen-bond acceptors (Lipinski definition) is 4. The lowest BCUT2D eigenvalue weighted by Crippen LogP contribution is -2.33. The minimum Gasteiger partial charge on any atom is -0.481 e. The Morgan fingerprint density at radius 1 is 1.40 bits per heavy atom. The Labute approximate surface area is 89.6 Å². The van der Waals surface area contributed by atoms with E-state index in [0.29, 0.717) is 18.8 Å². The molecule has 0 bridgehead atoms. The van der Waals surface area contributed by atoms with Crippen molar-refractivity contribution in [3.05, 3.63) is 0 Å². The van der Waals surface area contributed by atoms with Crippen LogP contribution in [0.4, 0.5) is 0 Å². The lowest BCUT2D eigenvalue weighted by Gasteiger charge is -2.12. The van der Waals surface area contributed by atoms with Crippen molar-refractivity contribution in [2.75, 3.05) is 6.61 Å². The Morgan fingerprint density at radius 2 is 2.00 bits per heavy atom. The molecule has 88 valence electrons. The highest BCUT2D eigenvalue weighted by molar-refractivity contribution is 5.75. The van der Waals surface area contributed by atoms with E-state index >= 15 is 0 Å². The van der Waals surface area contributed by atoms with Gasteiger partial charge < -0.3 is 15.6 Å². The zero-order valence-corrected chi connectivity index (χ0v) is 9.23. The summed E-state index contributed by atoms with van der Waals surface area (Å²) in [5, 5.41) is 8.34. The zero-order chi connectivity index (χ0) is 11.8. The molecule has 0 aromatic carbocycles. The topological polar surface area (TPSA) is 89.6 Å². The number of nitrogens with two attached hydrogens (primary N) is 1. The van der Waals surface area contributed by atoms with E-state index in [1.165, 1.54) is 0 Å². The van der Waals surface area contributed by atoms with Crippen LogP contribution in [-0.4, -0.2) is 29.7 Å². The number of rotatable bonds is 7. The quantitative estimate of drug-likeness (QED) is 0.485. The molecule has 3 N–H and O–H groups in total. The van der Waals surface area contributed by atoms with Crippen molar-refractivity contribution in [3.63, 3.8) is 0 Å². The average Bonchev–Trinajstić information content (AvgIpc) is 2.10. The molecule has 0 rings (SSSR count). The van der Waals surface area contributed by atoms with Gasteiger partial charge in [-0.15, -0.1) is 0 Å². The Bertz CT molecular complexity index is 215. The number of carboxylic acid groups (broad SMARTS) is 1. The summed E-state index contributed by atoms with van der Waals surface area (Å²) in [5.74, 6) is -1.00. The van der Waals surface area contributed by atoms with Gasteiger partial charge in [0.25, 0.3) is 0 Å². The monoisotopic (exact) mass is 217 g/mol. The average molecular weight is 217 g/mol. The number of aliphatic carboxylic acids is 1. The summed E-state index contributed by atoms with van der Waals surface area (Å²) in [5.41, 5.74) is 5.57. The predicted octanol–water partition coefficient (Wildman–Crippen LogP) is 0.768. The third-order valence-electron chi connectivity index (χ3n) is 1.81. The third kappa shape index (κ3) is 7.93. The van der Waals surface area contributed by atoms with E-state index < -0.39 is 18.0 Å². The molecule has 0 amide bonds. The van der Waals surface area contributed by atoms with Gasteiger partial charge in [0.2, 0.25) is 0 Å². The molecule has 0 radical (unpaired) electrons. The van der Waals surface area contributed by atoms with E-state index in [1.807, 2.05) is 13.8 Å². The summed E-state index contributed by atoms with van der Waals surface area (Å²) < 4.78 is 4.83. The maximum absolute atomic E-state index is 11.2. The van der Waals surface area contributed by atoms with E-state index in [1.54, 1.807) is 0 Å². The Balaban J connectivity index is 3.60. The molecule has 0 saturated carbocycles. The van der Waals surface area contributed by atoms with Crippen LogP contribution in [0.3, 0.4) is 0 Å². The summed E-state index contributed by atoms with van der Waals surface area (Å²) in [6.07, 6.45) is 0.917. The fourth-order valence-electron chi connectivity index (χ4n) is 1.11. The molecule has 0 aliphatic rings. The van der Waals surface area contributed by atoms with Crippen LogP contribution in [0.1, 0.15) is 33.1 Å². The van der Waals surface area contributed by atoms with Crippen molar-refractivity contribution in [2.24, 2.45) is 11.7 Å². The van der Waals surface area contributed by atoms with Crippen LogP contribution < -0.4 is 5.73 Å². The minimum atomic E-state index is -0.891. The molecule has 0 spiro atoms. The van der Waals surface area contributed by atoms with Gasteiger partial charge in [0.1, 0.15) is 6.04 Å². The van der Waals surface area contributed by atoms with Gasteiger partial charge in [-0.05, 0) is 18.8 Å². The van der Waals surface area contributed by atoms with Gasteiger partial charge in [0.15, 0.2) is 0 Å². The molecular formula is C10H19NO4. The first-order valence-corrected chi connectivity index (χ1v) is 5.07. The number of esters is 1. The zero-order valence-electron chi connectivity index (χ0n) is 9.23. The van der Waals surface area contributed by atoms with Crippen LogP contribution >= 0.6 is 0 Å². The normalized spacial score (nSPS) is 12.5. The number of ether oxygens (including phenoxy) is 1. The van der Waals surface area contributed by atoms with Crippen molar-refractivity contribution < 1.29 is 19.4 Å². The van der Waals surface area contributed by atoms with Gasteiger partial charge in [-0.25, -0.2) is 0 Å². The van der Waals surface area contributed by atoms with Crippen molar-refractivity contribution in [1.82, 2.24) is 0 Å². The predicted molar refractivity (Wildman–Crippen MR) is 55.3 cm³/mol. The number of hydrogen-bond donors (Lipinski definition) is 2. The van der Waals surface area contributed by atoms with Gasteiger partial charge in [0, 0.05) is 6.42 Å². The van der Waals surface area contributed by atoms with Crippen LogP contribution in [0, 0.1) is 5.92 Å². The highest BCUT2D eigenvalue weighted by Crippen LogP contribution is 2.04. The molecular weight excluding hydrogens is 198 g/mol. The second-order valence-electron chi connectivity index (χ2n) is 3.90. The van der Waals surface area contributed by atoms with Gasteiger partial charge in [-0.1, -0.05) is 13.8 Å². The first-order valence-electron chi connectivity index (χ1n) is 5.07. The van der Waals surface area contributed by atoms with Crippen LogP contribution in [0.5, 0.6) is 0 Å². The first-order chi connectivity index (χ1) is 6.93. The Morgan fingerprint density at radius 3 is 2.47 bits per heavy atom. The number of carbonyl (C=O) groups excluding carboxylic acids is 1. The highest BCUT2D eigenvalue weighted by Gasteiger charge is 2.16. The third-order valence-corrected chi connectivity index (χ3v) is 1.81. The van der Waals surface area contributed by atoms with Crippen LogP contribution in [0.2, 0.25) is 0 Å². The number of carboxylic acids is 1. The SMILES string of the molecule is CC(C)C[C@H](N)C(=O)OCCCC(=O)O. The molecule has 0 heterocycles. The highest BCUT2D eigenvalue weighted by atomic mass is 16.5. The number of carbonyl (C=O) groups is 2. The van der Waals surface area contributed by atoms with Crippen molar-refractivity contribution in [2.45, 2.75) is 39.2 Å². The lowest BCUT2D eigenvalue weighted by molar-refractivity contribution is -0.147. The second kappa shape index (κ2) is 7.23. The van der Waals surface area contributed by atoms with Gasteiger partial charge in [-0.3, -0.25) is 9.59 Å². The van der Waals surface area contributed by atoms with Crippen molar-refractivity contribution in [3.8, 4) is 0 Å². The Hall–Kier alpha value is -1.10. The van der Waals surface area contributed by atoms with Gasteiger partial charge in [-0.2, -0.15) is 0 Å². The summed E-state index contributed by atoms with van der Waals surface area (Å²) in [7, 11) is 0. The molecule has 0 aliphatic heterocycles. The molecule has 5 heteroatoms. The van der Waals surface area contributed by atoms with E-state index in [-0.39, 0.29) is 13.0 Å². The smallest absolute Gasteiger partial charge is 0.322 e. The second-order valence-corrected chi connectivity index (χ2v) is 3.90. The Kier molecular flexibility index (Phi) is 6.70. The molecule has 0 aromatic heterocycles. The molecule has 5 nitrogen and oxygen atoms in total. The van der Waals surface area contributed by atoms with Crippen molar-refractivity contribution >= 4 is 11.9 Å². The fourth-order valence-corrected chi connectivity index (χ4v) is 1.11. The minimum absolute atomic E-state index is 0.00665. The molecule has 0 saturated heterocycles. The van der Waals surface area contributed by atoms with Crippen molar-refractivity contribution in [1.29, 1.82) is 0 Å². The summed E-state index contributed by atoms with van der Waals surface area (Å²) >= 11 is 0. The van der Waals surface area contributed by atoms with Gasteiger partial charge >= 0.3 is 11.9 Å². The van der Waals surface area contributed by atoms with Crippen LogP contribution in [0.25, 0.3) is 0 Å². The molecule has 0 fully saturated rings. The lowest BCUT2D eigenvalue weighted by atomic mass is 10.1. The maximum Gasteiger partial charge on any atom is 0.322 e. The summed E-state index contributed by atoms with van der Waals surface area (Å²) in [6.45, 7) is 4.06. The van der Waals surface area contributed by atoms with Crippen LogP contribution in [0.15, 0.2) is 0 Å². The molecule has 15 heavy (non-hydrogen) atoms. The van der Waals surface area contributed by atoms with E-state index in [2.05, 4.69) is 0 Å². The maximum atomic E-state index is 11.2. The van der Waals surface area contributed by atoms with Gasteiger partial charge in [0.05, 0.1) is 6.61 Å². The first kappa shape index (κ1) is 13.9. The largest absolute Gasteiger partial charge is 0.481 e. The fraction of sp³-hybridized carbons (Fsp3) is 0.800. The molecule has 0 aliphatic carbocycles. The molecule has 0 unspecified atom stereocenters. The standard InChI is InChI=1S/C10H19NO4/c1-7(2)6-8(11)10(14)15-5-3-4-9(12)13/h7-8H,3-6,11H2,1-2H3,(H,12,13)/t8-/m0/s1. The summed E-state index contributed by atoms with van der Waals surface area (Å²) in [6, 6.07) is -0.602. The summed E-state index contributed by atoms with van der Waals surface area (Å²) in [4.78, 5) is 21.4. The van der Waals surface area contributed by atoms with E-state index in [4.69, 9.17) is 15.6 Å². The molecule has 1 atom stereocenters. The van der Waals surface area contributed by atoms with E-state index in [0.717, 1.165) is 0 Å².